The van der Waals surface area contributed by atoms with Gasteiger partial charge in [-0.15, -0.1) is 0 Å². The summed E-state index contributed by atoms with van der Waals surface area (Å²) in [5.74, 6) is -1.02. The number of methoxy groups -OCH3 is 1. The van der Waals surface area contributed by atoms with Crippen LogP contribution in [0.3, 0.4) is 0 Å². The fourth-order valence-electron chi connectivity index (χ4n) is 1.93. The van der Waals surface area contributed by atoms with Crippen LogP contribution in [0, 0.1) is 0 Å². The molecule has 1 aromatic carbocycles. The molecule has 5 nitrogen and oxygen atoms in total. The van der Waals surface area contributed by atoms with Gasteiger partial charge in [0.25, 0.3) is 0 Å². The summed E-state index contributed by atoms with van der Waals surface area (Å²) in [7, 11) is 3.36. The number of carbonyl (C=O) groups is 1. The molecule has 2 aromatic rings. The second kappa shape index (κ2) is 5.24. The van der Waals surface area contributed by atoms with Crippen LogP contribution in [0.25, 0.3) is 11.1 Å². The van der Waals surface area contributed by atoms with Crippen LogP contribution in [0.2, 0.25) is 0 Å². The minimum Gasteiger partial charge on any atom is -0.476 e. The first-order valence-corrected chi connectivity index (χ1v) is 5.93. The van der Waals surface area contributed by atoms with Crippen molar-refractivity contribution >= 4 is 5.97 Å². The number of hydrogen-bond acceptors (Lipinski definition) is 3. The lowest BCUT2D eigenvalue weighted by Crippen LogP contribution is -2.00. The van der Waals surface area contributed by atoms with E-state index in [9.17, 15) is 4.79 Å². The first kappa shape index (κ1) is 13.3. The maximum absolute atomic E-state index is 11.1. The highest BCUT2D eigenvalue weighted by Crippen LogP contribution is 2.25. The Labute approximate surface area is 111 Å². The molecule has 0 aliphatic rings. The number of aryl methyl sites for hydroxylation is 1. The summed E-state index contributed by atoms with van der Waals surface area (Å²) in [6, 6.07) is 7.63. The lowest BCUT2D eigenvalue weighted by Gasteiger charge is -2.10. The average Bonchev–Trinajstić information content (AvgIpc) is 2.80. The number of benzene rings is 1. The van der Waals surface area contributed by atoms with Crippen LogP contribution in [0.5, 0.6) is 0 Å². The lowest BCUT2D eigenvalue weighted by molar-refractivity contribution is 0.0690. The molecule has 0 saturated heterocycles. The smallest absolute Gasteiger partial charge is 0.357 e. The zero-order chi connectivity index (χ0) is 14.0. The Balaban J connectivity index is 2.40. The number of hydrogen-bond donors (Lipinski definition) is 1. The first-order valence-electron chi connectivity index (χ1n) is 5.93. The fourth-order valence-corrected chi connectivity index (χ4v) is 1.93. The second-order valence-corrected chi connectivity index (χ2v) is 4.37. The molecular weight excluding hydrogens is 244 g/mol. The third-order valence-corrected chi connectivity index (χ3v) is 3.08. The fraction of sp³-hybridized carbons (Fsp3) is 0.286. The maximum Gasteiger partial charge on any atom is 0.357 e. The van der Waals surface area contributed by atoms with Gasteiger partial charge in [0, 0.05) is 25.9 Å². The molecule has 0 aliphatic heterocycles. The van der Waals surface area contributed by atoms with Crippen molar-refractivity contribution in [3.63, 3.8) is 0 Å². The molecule has 100 valence electrons. The van der Waals surface area contributed by atoms with Gasteiger partial charge in [-0.3, -0.25) is 4.68 Å². The standard InChI is InChI=1S/C14H16N2O3/c1-9(19-3)10-4-6-11(7-5-10)12-8-16(2)15-13(12)14(17)18/h4-9H,1-3H3,(H,17,18)/t9-/m1/s1. The summed E-state index contributed by atoms with van der Waals surface area (Å²) < 4.78 is 6.74. The molecule has 1 N–H and O–H groups in total. The van der Waals surface area contributed by atoms with Crippen LogP contribution in [0.15, 0.2) is 30.5 Å². The number of ether oxygens (including phenoxy) is 1. The Morgan fingerprint density at radius 3 is 2.53 bits per heavy atom. The van der Waals surface area contributed by atoms with Gasteiger partial charge in [0.2, 0.25) is 0 Å². The van der Waals surface area contributed by atoms with Gasteiger partial charge >= 0.3 is 5.97 Å². The van der Waals surface area contributed by atoms with Gasteiger partial charge in [-0.1, -0.05) is 24.3 Å². The summed E-state index contributed by atoms with van der Waals surface area (Å²) in [6.45, 7) is 1.96. The number of nitrogens with zero attached hydrogens (tertiary/aromatic N) is 2. The molecule has 0 amide bonds. The first-order chi connectivity index (χ1) is 9.02. The molecule has 19 heavy (non-hydrogen) atoms. The van der Waals surface area contributed by atoms with Gasteiger partial charge in [-0.25, -0.2) is 4.79 Å². The van der Waals surface area contributed by atoms with Crippen molar-refractivity contribution in [2.75, 3.05) is 7.11 Å². The molecule has 0 spiro atoms. The average molecular weight is 260 g/mol. The number of carboxylic acid groups (broad SMARTS) is 1. The number of aromatic nitrogens is 2. The van der Waals surface area contributed by atoms with Crippen molar-refractivity contribution in [2.45, 2.75) is 13.0 Å². The van der Waals surface area contributed by atoms with Crippen LogP contribution >= 0.6 is 0 Å². The summed E-state index contributed by atoms with van der Waals surface area (Å²) >= 11 is 0. The molecule has 0 unspecified atom stereocenters. The van der Waals surface area contributed by atoms with E-state index < -0.39 is 5.97 Å². The Hall–Kier alpha value is -2.14. The van der Waals surface area contributed by atoms with Gasteiger partial charge in [0.15, 0.2) is 5.69 Å². The normalized spacial score (nSPS) is 12.4. The summed E-state index contributed by atoms with van der Waals surface area (Å²) in [4.78, 5) is 11.1. The number of rotatable bonds is 4. The van der Waals surface area contributed by atoms with E-state index in [2.05, 4.69) is 5.10 Å². The van der Waals surface area contributed by atoms with Gasteiger partial charge in [0.1, 0.15) is 0 Å². The highest BCUT2D eigenvalue weighted by atomic mass is 16.5. The Morgan fingerprint density at radius 2 is 2.00 bits per heavy atom. The van der Waals surface area contributed by atoms with Gasteiger partial charge in [-0.2, -0.15) is 5.10 Å². The predicted molar refractivity (Wildman–Crippen MR) is 71.0 cm³/mol. The maximum atomic E-state index is 11.1. The van der Waals surface area contributed by atoms with E-state index in [4.69, 9.17) is 9.84 Å². The number of carboxylic acids is 1. The predicted octanol–water partition coefficient (Wildman–Crippen LogP) is 2.49. The Morgan fingerprint density at radius 1 is 1.37 bits per heavy atom. The number of aromatic carboxylic acids is 1. The third kappa shape index (κ3) is 2.66. The molecule has 0 aliphatic carbocycles. The van der Waals surface area contributed by atoms with Crippen molar-refractivity contribution in [2.24, 2.45) is 7.05 Å². The monoisotopic (exact) mass is 260 g/mol. The lowest BCUT2D eigenvalue weighted by atomic mass is 10.0. The molecule has 1 heterocycles. The third-order valence-electron chi connectivity index (χ3n) is 3.08. The van der Waals surface area contributed by atoms with Crippen molar-refractivity contribution in [1.29, 1.82) is 0 Å². The van der Waals surface area contributed by atoms with Crippen LogP contribution in [0.1, 0.15) is 29.1 Å². The van der Waals surface area contributed by atoms with Crippen molar-refractivity contribution in [3.8, 4) is 11.1 Å². The van der Waals surface area contributed by atoms with Gasteiger partial charge < -0.3 is 9.84 Å². The highest BCUT2D eigenvalue weighted by molar-refractivity contribution is 5.93. The molecule has 5 heteroatoms. The van der Waals surface area contributed by atoms with E-state index in [0.29, 0.717) is 5.56 Å². The molecule has 0 bridgehead atoms. The second-order valence-electron chi connectivity index (χ2n) is 4.37. The van der Waals surface area contributed by atoms with E-state index in [0.717, 1.165) is 11.1 Å². The van der Waals surface area contributed by atoms with E-state index in [1.807, 2.05) is 31.2 Å². The Kier molecular flexibility index (Phi) is 3.66. The van der Waals surface area contributed by atoms with E-state index >= 15 is 0 Å². The van der Waals surface area contributed by atoms with Gasteiger partial charge in [0.05, 0.1) is 6.10 Å². The minimum absolute atomic E-state index is 0.0156. The van der Waals surface area contributed by atoms with Crippen LogP contribution in [-0.4, -0.2) is 28.0 Å². The minimum atomic E-state index is -1.02. The topological polar surface area (TPSA) is 64.4 Å². The van der Waals surface area contributed by atoms with E-state index in [-0.39, 0.29) is 11.8 Å². The zero-order valence-corrected chi connectivity index (χ0v) is 11.1. The van der Waals surface area contributed by atoms with Gasteiger partial charge in [-0.05, 0) is 18.1 Å². The molecule has 1 aromatic heterocycles. The summed E-state index contributed by atoms with van der Waals surface area (Å²) in [5, 5.41) is 13.1. The van der Waals surface area contributed by atoms with Crippen LogP contribution in [0.4, 0.5) is 0 Å². The molecule has 0 fully saturated rings. The largest absolute Gasteiger partial charge is 0.476 e. The van der Waals surface area contributed by atoms with Crippen LogP contribution < -0.4 is 0 Å². The van der Waals surface area contributed by atoms with E-state index in [1.54, 1.807) is 20.4 Å². The SMILES string of the molecule is CO[C@H](C)c1ccc(-c2cn(C)nc2C(=O)O)cc1. The highest BCUT2D eigenvalue weighted by Gasteiger charge is 2.16. The molecular formula is C14H16N2O3. The molecule has 2 rings (SSSR count). The van der Waals surface area contributed by atoms with Crippen molar-refractivity contribution in [1.82, 2.24) is 9.78 Å². The van der Waals surface area contributed by atoms with E-state index in [1.165, 1.54) is 4.68 Å². The molecule has 0 radical (unpaired) electrons. The van der Waals surface area contributed by atoms with Crippen molar-refractivity contribution in [3.05, 3.63) is 41.7 Å². The summed E-state index contributed by atoms with van der Waals surface area (Å²) in [5.41, 5.74) is 2.56. The quantitative estimate of drug-likeness (QED) is 0.917. The summed E-state index contributed by atoms with van der Waals surface area (Å²) in [6.07, 6.45) is 1.72. The van der Waals surface area contributed by atoms with Crippen molar-refractivity contribution < 1.29 is 14.6 Å². The molecule has 0 saturated carbocycles. The molecule has 1 atom stereocenters. The van der Waals surface area contributed by atoms with Crippen LogP contribution in [-0.2, 0) is 11.8 Å². The Bertz CT molecular complexity index is 587. The zero-order valence-electron chi connectivity index (χ0n) is 11.1.